The average molecular weight is 232 g/mol. The molecule has 1 aliphatic heterocycles. The van der Waals surface area contributed by atoms with Gasteiger partial charge >= 0.3 is 0 Å². The van der Waals surface area contributed by atoms with Crippen LogP contribution in [-0.2, 0) is 4.79 Å². The van der Waals surface area contributed by atoms with Crippen molar-refractivity contribution in [2.45, 2.75) is 25.7 Å². The fourth-order valence-electron chi connectivity index (χ4n) is 2.73. The van der Waals surface area contributed by atoms with Crippen LogP contribution in [0.25, 0.3) is 0 Å². The van der Waals surface area contributed by atoms with Gasteiger partial charge in [0.1, 0.15) is 12.4 Å². The van der Waals surface area contributed by atoms with Gasteiger partial charge in [0.15, 0.2) is 0 Å². The monoisotopic (exact) mass is 232 g/mol. The van der Waals surface area contributed by atoms with E-state index in [2.05, 4.69) is 5.32 Å². The fourth-order valence-corrected chi connectivity index (χ4v) is 2.73. The summed E-state index contributed by atoms with van der Waals surface area (Å²) in [5, 5.41) is 2.95. The molecule has 0 bridgehead atoms. The number of carbonyl (C=O) groups is 1. The largest absolute Gasteiger partial charge is 0.490 e. The van der Waals surface area contributed by atoms with Crippen LogP contribution in [0.5, 0.6) is 5.75 Å². The third-order valence-corrected chi connectivity index (χ3v) is 3.80. The summed E-state index contributed by atoms with van der Waals surface area (Å²) in [5.74, 6) is 0.802. The summed E-state index contributed by atoms with van der Waals surface area (Å²) in [4.78, 5) is 12.3. The number of rotatable bonds is 0. The maximum Gasteiger partial charge on any atom is 0.234 e. The van der Waals surface area contributed by atoms with Crippen LogP contribution >= 0.6 is 0 Å². The highest BCUT2D eigenvalue weighted by molar-refractivity contribution is 5.98. The quantitative estimate of drug-likeness (QED) is 0.674. The van der Waals surface area contributed by atoms with Crippen LogP contribution in [0.3, 0.4) is 0 Å². The number of fused-ring (bicyclic) bond motifs is 1. The molecule has 4 heteroatoms. The molecule has 90 valence electrons. The number of benzene rings is 1. The van der Waals surface area contributed by atoms with Gasteiger partial charge in [0, 0.05) is 5.69 Å². The van der Waals surface area contributed by atoms with E-state index in [9.17, 15) is 4.79 Å². The lowest BCUT2D eigenvalue weighted by molar-refractivity contribution is -0.126. The number of hydrogen-bond acceptors (Lipinski definition) is 3. The zero-order valence-electron chi connectivity index (χ0n) is 9.66. The number of ether oxygens (including phenoxy) is 1. The lowest BCUT2D eigenvalue weighted by Gasteiger charge is -2.23. The van der Waals surface area contributed by atoms with Crippen molar-refractivity contribution >= 4 is 17.3 Å². The highest BCUT2D eigenvalue weighted by Gasteiger charge is 2.43. The lowest BCUT2D eigenvalue weighted by Crippen LogP contribution is -2.37. The molecule has 1 aromatic rings. The number of nitrogens with one attached hydrogen (secondary N) is 1. The van der Waals surface area contributed by atoms with Gasteiger partial charge in [0.05, 0.1) is 11.1 Å². The first-order chi connectivity index (χ1) is 8.20. The molecule has 3 N–H and O–H groups in total. The molecule has 1 amide bonds. The van der Waals surface area contributed by atoms with E-state index in [0.29, 0.717) is 18.0 Å². The van der Waals surface area contributed by atoms with E-state index in [0.717, 1.165) is 31.4 Å². The summed E-state index contributed by atoms with van der Waals surface area (Å²) in [6.45, 7) is 0.482. The number of amides is 1. The van der Waals surface area contributed by atoms with Crippen molar-refractivity contribution in [1.29, 1.82) is 0 Å². The Morgan fingerprint density at radius 2 is 2.06 bits per heavy atom. The van der Waals surface area contributed by atoms with Crippen LogP contribution in [-0.4, -0.2) is 12.5 Å². The first-order valence-electron chi connectivity index (χ1n) is 6.03. The highest BCUT2D eigenvalue weighted by Crippen LogP contribution is 2.43. The SMILES string of the molecule is Nc1ccc2c(c1)NC(=O)C1(CCCC1)CO2. The molecule has 1 saturated carbocycles. The molecule has 4 nitrogen and oxygen atoms in total. The molecule has 3 rings (SSSR count). The van der Waals surface area contributed by atoms with E-state index in [-0.39, 0.29) is 11.3 Å². The Morgan fingerprint density at radius 3 is 2.82 bits per heavy atom. The van der Waals surface area contributed by atoms with Gasteiger partial charge in [-0.2, -0.15) is 0 Å². The van der Waals surface area contributed by atoms with Gasteiger partial charge in [-0.15, -0.1) is 0 Å². The van der Waals surface area contributed by atoms with Gasteiger partial charge in [-0.05, 0) is 31.0 Å². The normalized spacial score (nSPS) is 21.5. The maximum absolute atomic E-state index is 12.3. The number of nitrogen functional groups attached to an aromatic ring is 1. The fraction of sp³-hybridized carbons (Fsp3) is 0.462. The maximum atomic E-state index is 12.3. The smallest absolute Gasteiger partial charge is 0.234 e. The predicted octanol–water partition coefficient (Wildman–Crippen LogP) is 2.16. The molecular weight excluding hydrogens is 216 g/mol. The van der Waals surface area contributed by atoms with Crippen LogP contribution in [0.2, 0.25) is 0 Å². The number of anilines is 2. The molecule has 1 fully saturated rings. The zero-order chi connectivity index (χ0) is 11.9. The summed E-state index contributed by atoms with van der Waals surface area (Å²) >= 11 is 0. The van der Waals surface area contributed by atoms with Gasteiger partial charge in [-0.3, -0.25) is 4.79 Å². The minimum Gasteiger partial charge on any atom is -0.490 e. The predicted molar refractivity (Wildman–Crippen MR) is 65.9 cm³/mol. The minimum absolute atomic E-state index is 0.0827. The summed E-state index contributed by atoms with van der Waals surface area (Å²) in [6, 6.07) is 5.36. The summed E-state index contributed by atoms with van der Waals surface area (Å²) < 4.78 is 5.77. The van der Waals surface area contributed by atoms with Crippen LogP contribution in [0.4, 0.5) is 11.4 Å². The van der Waals surface area contributed by atoms with Crippen LogP contribution < -0.4 is 15.8 Å². The van der Waals surface area contributed by atoms with Crippen molar-refractivity contribution in [2.75, 3.05) is 17.7 Å². The van der Waals surface area contributed by atoms with E-state index in [1.165, 1.54) is 0 Å². The first kappa shape index (κ1) is 10.4. The first-order valence-corrected chi connectivity index (χ1v) is 6.03. The van der Waals surface area contributed by atoms with Crippen LogP contribution in [0.1, 0.15) is 25.7 Å². The van der Waals surface area contributed by atoms with E-state index in [1.807, 2.05) is 6.07 Å². The number of hydrogen-bond donors (Lipinski definition) is 2. The number of nitrogens with two attached hydrogens (primary N) is 1. The molecule has 0 aromatic heterocycles. The highest BCUT2D eigenvalue weighted by atomic mass is 16.5. The Bertz CT molecular complexity index is 464. The van der Waals surface area contributed by atoms with E-state index >= 15 is 0 Å². The van der Waals surface area contributed by atoms with Gasteiger partial charge < -0.3 is 15.8 Å². The van der Waals surface area contributed by atoms with E-state index < -0.39 is 0 Å². The Labute approximate surface area is 100 Å². The van der Waals surface area contributed by atoms with E-state index in [1.54, 1.807) is 12.1 Å². The molecule has 1 spiro atoms. The zero-order valence-corrected chi connectivity index (χ0v) is 9.66. The van der Waals surface area contributed by atoms with Crippen LogP contribution in [0.15, 0.2) is 18.2 Å². The second-order valence-corrected chi connectivity index (χ2v) is 4.99. The molecule has 0 radical (unpaired) electrons. The van der Waals surface area contributed by atoms with Crippen molar-refractivity contribution in [3.05, 3.63) is 18.2 Å². The molecule has 0 saturated heterocycles. The summed E-state index contributed by atoms with van der Waals surface area (Å²) in [7, 11) is 0. The van der Waals surface area contributed by atoms with Crippen molar-refractivity contribution < 1.29 is 9.53 Å². The molecule has 17 heavy (non-hydrogen) atoms. The van der Waals surface area contributed by atoms with Crippen molar-refractivity contribution in [1.82, 2.24) is 0 Å². The Hall–Kier alpha value is -1.71. The molecule has 0 unspecified atom stereocenters. The Balaban J connectivity index is 1.96. The van der Waals surface area contributed by atoms with Gasteiger partial charge in [-0.25, -0.2) is 0 Å². The van der Waals surface area contributed by atoms with Crippen molar-refractivity contribution in [3.8, 4) is 5.75 Å². The molecule has 1 aromatic carbocycles. The Morgan fingerprint density at radius 1 is 1.29 bits per heavy atom. The summed E-state index contributed by atoms with van der Waals surface area (Å²) in [5.41, 5.74) is 6.72. The third kappa shape index (κ3) is 1.64. The van der Waals surface area contributed by atoms with Gasteiger partial charge in [-0.1, -0.05) is 12.8 Å². The lowest BCUT2D eigenvalue weighted by atomic mass is 9.86. The molecule has 1 aliphatic carbocycles. The molecular formula is C13H16N2O2. The minimum atomic E-state index is -0.326. The van der Waals surface area contributed by atoms with Crippen LogP contribution in [0, 0.1) is 5.41 Å². The van der Waals surface area contributed by atoms with Gasteiger partial charge in [0.25, 0.3) is 0 Å². The standard InChI is InChI=1S/C13H16N2O2/c14-9-3-4-11-10(7-9)15-12(16)13(8-17-11)5-1-2-6-13/h3-4,7H,1-2,5-6,8,14H2,(H,15,16). The number of carbonyl (C=O) groups excluding carboxylic acids is 1. The second-order valence-electron chi connectivity index (χ2n) is 4.99. The molecule has 0 atom stereocenters. The third-order valence-electron chi connectivity index (χ3n) is 3.80. The topological polar surface area (TPSA) is 64.3 Å². The average Bonchev–Trinajstić information content (AvgIpc) is 2.73. The molecule has 2 aliphatic rings. The molecule has 1 heterocycles. The van der Waals surface area contributed by atoms with E-state index in [4.69, 9.17) is 10.5 Å². The van der Waals surface area contributed by atoms with Gasteiger partial charge in [0.2, 0.25) is 5.91 Å². The second kappa shape index (κ2) is 3.65. The van der Waals surface area contributed by atoms with Crippen molar-refractivity contribution in [3.63, 3.8) is 0 Å². The Kier molecular flexibility index (Phi) is 2.24. The summed E-state index contributed by atoms with van der Waals surface area (Å²) in [6.07, 6.45) is 4.05. The van der Waals surface area contributed by atoms with Crippen molar-refractivity contribution in [2.24, 2.45) is 5.41 Å².